The average Bonchev–Trinajstić information content (AvgIpc) is 3.93. The van der Waals surface area contributed by atoms with Crippen molar-refractivity contribution < 1.29 is 8.83 Å². The largest absolute Gasteiger partial charge is 0.456 e. The van der Waals surface area contributed by atoms with Gasteiger partial charge in [0.2, 0.25) is 0 Å². The normalized spacial score (nSPS) is 11.5. The number of benzene rings is 9. The molecule has 290 valence electrons. The molecule has 0 amide bonds. The fourth-order valence-electron chi connectivity index (χ4n) is 8.71. The number of fused-ring (bicyclic) bond motifs is 6. The molecule has 3 aromatic heterocycles. The summed E-state index contributed by atoms with van der Waals surface area (Å²) < 4.78 is 13.0. The highest BCUT2D eigenvalue weighted by molar-refractivity contribution is 6.14. The van der Waals surface area contributed by atoms with Crippen LogP contribution in [-0.2, 0) is 0 Å². The van der Waals surface area contributed by atoms with Gasteiger partial charge in [-0.15, -0.1) is 0 Å². The Morgan fingerprint density at radius 3 is 1.11 bits per heavy atom. The van der Waals surface area contributed by atoms with Gasteiger partial charge in [-0.3, -0.25) is 0 Å². The van der Waals surface area contributed by atoms with Gasteiger partial charge < -0.3 is 8.83 Å². The summed E-state index contributed by atoms with van der Waals surface area (Å²) in [5.74, 6) is 1.68. The number of furan rings is 2. The van der Waals surface area contributed by atoms with Crippen molar-refractivity contribution in [3.63, 3.8) is 0 Å². The molecule has 5 heteroatoms. The Balaban J connectivity index is 1.06. The smallest absolute Gasteiger partial charge is 0.164 e. The number of nitrogens with zero attached hydrogens (tertiary/aromatic N) is 3. The minimum absolute atomic E-state index is 0.552. The van der Waals surface area contributed by atoms with Crippen LogP contribution in [0.3, 0.4) is 0 Å². The lowest BCUT2D eigenvalue weighted by atomic mass is 9.97. The van der Waals surface area contributed by atoms with Crippen LogP contribution in [0.2, 0.25) is 0 Å². The summed E-state index contributed by atoms with van der Waals surface area (Å²) in [4.78, 5) is 15.8. The monoisotopic (exact) mass is 793 g/mol. The minimum Gasteiger partial charge on any atom is -0.456 e. The van der Waals surface area contributed by atoms with Crippen molar-refractivity contribution in [3.05, 3.63) is 212 Å². The molecule has 0 bridgehead atoms. The van der Waals surface area contributed by atoms with Gasteiger partial charge in [-0.1, -0.05) is 170 Å². The molecule has 9 aromatic carbocycles. The van der Waals surface area contributed by atoms with Crippen molar-refractivity contribution in [2.24, 2.45) is 0 Å². The Morgan fingerprint density at radius 1 is 0.242 bits per heavy atom. The Kier molecular flexibility index (Phi) is 8.42. The summed E-state index contributed by atoms with van der Waals surface area (Å²) in [5.41, 5.74) is 14.8. The van der Waals surface area contributed by atoms with E-state index in [1.165, 1.54) is 11.1 Å². The van der Waals surface area contributed by atoms with Gasteiger partial charge in [-0.2, -0.15) is 0 Å². The van der Waals surface area contributed by atoms with E-state index in [-0.39, 0.29) is 0 Å². The van der Waals surface area contributed by atoms with Crippen LogP contribution in [-0.4, -0.2) is 15.0 Å². The maximum atomic E-state index is 6.54. The van der Waals surface area contributed by atoms with Gasteiger partial charge in [0, 0.05) is 38.2 Å². The van der Waals surface area contributed by atoms with E-state index in [9.17, 15) is 0 Å². The molecule has 0 radical (unpaired) electrons. The SMILES string of the molecule is c1ccc(-c2ccc(-c3nc(-c4cccc5oc6ccc(-c7ccccc7)cc6c45)nc(-c4cccc5oc6ccc(-c7cccc(-c8ccccc8)c7)cc6c45)n3)cc2)cc1. The first kappa shape index (κ1) is 35.5. The van der Waals surface area contributed by atoms with Crippen LogP contribution in [0.4, 0.5) is 0 Å². The number of hydrogen-bond acceptors (Lipinski definition) is 5. The summed E-state index contributed by atoms with van der Waals surface area (Å²) in [6.07, 6.45) is 0. The molecule has 0 atom stereocenters. The first-order chi connectivity index (χ1) is 30.7. The molecular weight excluding hydrogens is 759 g/mol. The van der Waals surface area contributed by atoms with Crippen molar-refractivity contribution in [2.45, 2.75) is 0 Å². The summed E-state index contributed by atoms with van der Waals surface area (Å²) in [5, 5.41) is 3.90. The molecule has 0 saturated heterocycles. The maximum Gasteiger partial charge on any atom is 0.164 e. The third-order valence-corrected chi connectivity index (χ3v) is 11.8. The van der Waals surface area contributed by atoms with Crippen LogP contribution in [0.5, 0.6) is 0 Å². The predicted octanol–water partition coefficient (Wildman–Crippen LogP) is 15.3. The van der Waals surface area contributed by atoms with Crippen molar-refractivity contribution in [1.29, 1.82) is 0 Å². The quantitative estimate of drug-likeness (QED) is 0.161. The molecule has 3 heterocycles. The van der Waals surface area contributed by atoms with E-state index >= 15 is 0 Å². The fourth-order valence-corrected chi connectivity index (χ4v) is 8.71. The first-order valence-corrected chi connectivity index (χ1v) is 20.7. The molecule has 0 spiro atoms. The van der Waals surface area contributed by atoms with Crippen molar-refractivity contribution in [1.82, 2.24) is 15.0 Å². The highest BCUT2D eigenvalue weighted by atomic mass is 16.3. The molecule has 62 heavy (non-hydrogen) atoms. The molecule has 0 aliphatic carbocycles. The average molecular weight is 794 g/mol. The molecular formula is C57H35N3O2. The van der Waals surface area contributed by atoms with Crippen molar-refractivity contribution in [2.75, 3.05) is 0 Å². The topological polar surface area (TPSA) is 65.0 Å². The van der Waals surface area contributed by atoms with Gasteiger partial charge in [-0.05, 0) is 87.0 Å². The van der Waals surface area contributed by atoms with Crippen LogP contribution in [0, 0.1) is 0 Å². The Labute approximate surface area is 357 Å². The molecule has 12 aromatic rings. The van der Waals surface area contributed by atoms with Gasteiger partial charge in [0.1, 0.15) is 22.3 Å². The lowest BCUT2D eigenvalue weighted by Crippen LogP contribution is -2.00. The second-order valence-corrected chi connectivity index (χ2v) is 15.5. The van der Waals surface area contributed by atoms with Crippen LogP contribution < -0.4 is 0 Å². The van der Waals surface area contributed by atoms with E-state index in [1.807, 2.05) is 42.5 Å². The summed E-state index contributed by atoms with van der Waals surface area (Å²) in [6, 6.07) is 73.4. The molecule has 5 nitrogen and oxygen atoms in total. The predicted molar refractivity (Wildman–Crippen MR) is 252 cm³/mol. The summed E-state index contributed by atoms with van der Waals surface area (Å²) in [6.45, 7) is 0. The third-order valence-electron chi connectivity index (χ3n) is 11.8. The Bertz CT molecular complexity index is 3610. The third kappa shape index (κ3) is 6.23. The molecule has 12 rings (SSSR count). The van der Waals surface area contributed by atoms with Gasteiger partial charge in [0.05, 0.1) is 0 Å². The van der Waals surface area contributed by atoms with E-state index in [2.05, 4.69) is 170 Å². The standard InChI is InChI=1S/C57H35N3O2/c1-4-13-36(14-5-1)39-25-27-40(28-26-39)55-58-56(45-21-11-23-51-53(45)47-34-43(29-31-49(47)61-51)38-17-8-3-9-18-38)60-57(59-55)46-22-12-24-52-54(46)48-35-44(30-32-50(48)62-52)42-20-10-19-41(33-42)37-15-6-2-7-16-37/h1-35H. The van der Waals surface area contributed by atoms with Gasteiger partial charge in [0.25, 0.3) is 0 Å². The fraction of sp³-hybridized carbons (Fsp3) is 0. The zero-order valence-electron chi connectivity index (χ0n) is 33.4. The van der Waals surface area contributed by atoms with Crippen LogP contribution in [0.1, 0.15) is 0 Å². The molecule has 0 aliphatic heterocycles. The van der Waals surface area contributed by atoms with Crippen molar-refractivity contribution in [3.8, 4) is 78.7 Å². The molecule has 0 saturated carbocycles. The number of rotatable bonds is 7. The van der Waals surface area contributed by atoms with Crippen LogP contribution in [0.25, 0.3) is 123 Å². The van der Waals surface area contributed by atoms with Gasteiger partial charge in [0.15, 0.2) is 17.5 Å². The van der Waals surface area contributed by atoms with E-state index in [4.69, 9.17) is 23.8 Å². The highest BCUT2D eigenvalue weighted by Crippen LogP contribution is 2.41. The zero-order valence-corrected chi connectivity index (χ0v) is 33.4. The summed E-state index contributed by atoms with van der Waals surface area (Å²) in [7, 11) is 0. The van der Waals surface area contributed by atoms with Crippen molar-refractivity contribution >= 4 is 43.9 Å². The molecule has 0 fully saturated rings. The molecule has 0 aliphatic rings. The van der Waals surface area contributed by atoms with Gasteiger partial charge in [-0.25, -0.2) is 15.0 Å². The lowest BCUT2D eigenvalue weighted by molar-refractivity contribution is 0.668. The van der Waals surface area contributed by atoms with Crippen LogP contribution in [0.15, 0.2) is 221 Å². The number of aromatic nitrogens is 3. The van der Waals surface area contributed by atoms with Crippen LogP contribution >= 0.6 is 0 Å². The lowest BCUT2D eigenvalue weighted by Gasteiger charge is -2.11. The maximum absolute atomic E-state index is 6.54. The molecule has 0 N–H and O–H groups in total. The zero-order chi connectivity index (χ0) is 41.0. The number of hydrogen-bond donors (Lipinski definition) is 0. The van der Waals surface area contributed by atoms with E-state index in [1.54, 1.807) is 0 Å². The van der Waals surface area contributed by atoms with Gasteiger partial charge >= 0.3 is 0 Å². The minimum atomic E-state index is 0.552. The first-order valence-electron chi connectivity index (χ1n) is 20.7. The second-order valence-electron chi connectivity index (χ2n) is 15.5. The van der Waals surface area contributed by atoms with E-state index in [0.29, 0.717) is 17.5 Å². The summed E-state index contributed by atoms with van der Waals surface area (Å²) >= 11 is 0. The Hall–Kier alpha value is -8.41. The van der Waals surface area contributed by atoms with E-state index in [0.717, 1.165) is 93.9 Å². The Morgan fingerprint density at radius 2 is 0.597 bits per heavy atom. The molecule has 0 unspecified atom stereocenters. The highest BCUT2D eigenvalue weighted by Gasteiger charge is 2.21. The van der Waals surface area contributed by atoms with E-state index < -0.39 is 0 Å². The second kappa shape index (κ2) is 14.7.